The van der Waals surface area contributed by atoms with E-state index in [2.05, 4.69) is 21.0 Å². The van der Waals surface area contributed by atoms with E-state index in [0.717, 1.165) is 68.7 Å². The van der Waals surface area contributed by atoms with E-state index in [0.29, 0.717) is 0 Å². The average Bonchev–Trinajstić information content (AvgIpc) is 2.61. The Morgan fingerprint density at radius 2 is 1.59 bits per heavy atom. The first kappa shape index (κ1) is 15.4. The number of rotatable bonds is 3. The Balaban J connectivity index is 1.85. The van der Waals surface area contributed by atoms with Gasteiger partial charge in [-0.25, -0.2) is 0 Å². The molecule has 0 N–H and O–H groups in total. The van der Waals surface area contributed by atoms with E-state index >= 15 is 0 Å². The highest BCUT2D eigenvalue weighted by Crippen LogP contribution is 2.20. The minimum atomic E-state index is 0.737. The molecule has 3 rings (SSSR count). The molecule has 0 spiro atoms. The van der Waals surface area contributed by atoms with Gasteiger partial charge in [0.25, 0.3) is 0 Å². The summed E-state index contributed by atoms with van der Waals surface area (Å²) in [5, 5.41) is 0. The number of hydrogen-bond donors (Lipinski definition) is 0. The number of aromatic nitrogens is 1. The molecule has 0 atom stereocenters. The standard InChI is InChI=1S/C16H21N3O2S/c22-16(19-7-11-21-12-8-19)15(14-1-3-17-4-2-14)13-18-5-9-20-10-6-18/h1-4,13H,5-12H2/b15-13-. The van der Waals surface area contributed by atoms with Crippen molar-refractivity contribution in [1.29, 1.82) is 0 Å². The lowest BCUT2D eigenvalue weighted by atomic mass is 10.1. The largest absolute Gasteiger partial charge is 0.378 e. The quantitative estimate of drug-likeness (QED) is 0.620. The van der Waals surface area contributed by atoms with Gasteiger partial charge in [0.1, 0.15) is 4.99 Å². The first-order valence-corrected chi connectivity index (χ1v) is 8.06. The summed E-state index contributed by atoms with van der Waals surface area (Å²) in [4.78, 5) is 9.51. The average molecular weight is 319 g/mol. The maximum absolute atomic E-state index is 5.77. The first-order valence-electron chi connectivity index (χ1n) is 7.65. The van der Waals surface area contributed by atoms with Crippen LogP contribution in [-0.2, 0) is 9.47 Å². The fourth-order valence-corrected chi connectivity index (χ4v) is 2.96. The third-order valence-corrected chi connectivity index (χ3v) is 4.36. The zero-order chi connectivity index (χ0) is 15.2. The molecule has 3 heterocycles. The van der Waals surface area contributed by atoms with Crippen molar-refractivity contribution in [3.8, 4) is 0 Å². The van der Waals surface area contributed by atoms with Crippen LogP contribution in [0, 0.1) is 0 Å². The molecule has 22 heavy (non-hydrogen) atoms. The molecule has 0 saturated carbocycles. The Morgan fingerprint density at radius 1 is 1.00 bits per heavy atom. The summed E-state index contributed by atoms with van der Waals surface area (Å²) in [5.41, 5.74) is 2.19. The maximum Gasteiger partial charge on any atom is 0.111 e. The van der Waals surface area contributed by atoms with Gasteiger partial charge >= 0.3 is 0 Å². The van der Waals surface area contributed by atoms with Crippen LogP contribution in [-0.4, -0.2) is 72.4 Å². The molecule has 2 aliphatic heterocycles. The van der Waals surface area contributed by atoms with Crippen molar-refractivity contribution in [3.05, 3.63) is 36.3 Å². The predicted molar refractivity (Wildman–Crippen MR) is 89.6 cm³/mol. The fraction of sp³-hybridized carbons (Fsp3) is 0.500. The van der Waals surface area contributed by atoms with E-state index in [1.165, 1.54) is 0 Å². The van der Waals surface area contributed by atoms with E-state index < -0.39 is 0 Å². The molecule has 2 saturated heterocycles. The zero-order valence-corrected chi connectivity index (χ0v) is 13.4. The maximum atomic E-state index is 5.77. The van der Waals surface area contributed by atoms with Gasteiger partial charge in [-0.3, -0.25) is 4.98 Å². The Kier molecular flexibility index (Phi) is 5.37. The van der Waals surface area contributed by atoms with Gasteiger partial charge in [-0.2, -0.15) is 0 Å². The molecular weight excluding hydrogens is 298 g/mol. The van der Waals surface area contributed by atoms with Crippen LogP contribution in [0.3, 0.4) is 0 Å². The van der Waals surface area contributed by atoms with Gasteiger partial charge in [-0.15, -0.1) is 0 Å². The first-order chi connectivity index (χ1) is 10.8. The Bertz CT molecular complexity index is 523. The SMILES string of the molecule is S=C(/C(=C\N1CCOCC1)c1ccncc1)N1CCOCC1. The Morgan fingerprint density at radius 3 is 2.23 bits per heavy atom. The molecule has 0 amide bonds. The van der Waals surface area contributed by atoms with Crippen molar-refractivity contribution in [3.63, 3.8) is 0 Å². The molecule has 1 aromatic heterocycles. The molecule has 5 nitrogen and oxygen atoms in total. The summed E-state index contributed by atoms with van der Waals surface area (Å²) in [7, 11) is 0. The van der Waals surface area contributed by atoms with Crippen LogP contribution in [0.5, 0.6) is 0 Å². The summed E-state index contributed by atoms with van der Waals surface area (Å²) < 4.78 is 10.9. The van der Waals surface area contributed by atoms with E-state index in [1.807, 2.05) is 24.5 Å². The molecule has 0 radical (unpaired) electrons. The van der Waals surface area contributed by atoms with Gasteiger partial charge in [-0.05, 0) is 17.7 Å². The highest BCUT2D eigenvalue weighted by atomic mass is 32.1. The van der Waals surface area contributed by atoms with Crippen molar-refractivity contribution in [2.45, 2.75) is 0 Å². The number of hydrogen-bond acceptors (Lipinski definition) is 5. The molecular formula is C16H21N3O2S. The lowest BCUT2D eigenvalue weighted by molar-refractivity contribution is 0.0595. The van der Waals surface area contributed by atoms with Gasteiger partial charge in [0.2, 0.25) is 0 Å². The van der Waals surface area contributed by atoms with Crippen molar-refractivity contribution >= 4 is 22.8 Å². The smallest absolute Gasteiger partial charge is 0.111 e. The summed E-state index contributed by atoms with van der Waals surface area (Å²) in [6.07, 6.45) is 5.80. The monoisotopic (exact) mass is 319 g/mol. The molecule has 118 valence electrons. The van der Waals surface area contributed by atoms with Gasteiger partial charge in [0.15, 0.2) is 0 Å². The Hall–Kier alpha value is -1.50. The highest BCUT2D eigenvalue weighted by molar-refractivity contribution is 7.81. The second-order valence-electron chi connectivity index (χ2n) is 5.33. The number of morpholine rings is 2. The van der Waals surface area contributed by atoms with Gasteiger partial charge in [0, 0.05) is 50.3 Å². The number of thiocarbonyl (C=S) groups is 1. The van der Waals surface area contributed by atoms with Crippen LogP contribution in [0.25, 0.3) is 5.57 Å². The molecule has 0 bridgehead atoms. The predicted octanol–water partition coefficient (Wildman–Crippen LogP) is 1.41. The van der Waals surface area contributed by atoms with Crippen molar-refractivity contribution < 1.29 is 9.47 Å². The molecule has 0 aromatic carbocycles. The van der Waals surface area contributed by atoms with Crippen molar-refractivity contribution in [2.24, 2.45) is 0 Å². The van der Waals surface area contributed by atoms with Crippen molar-refractivity contribution in [1.82, 2.24) is 14.8 Å². The number of ether oxygens (including phenoxy) is 2. The Labute approximate surface area is 136 Å². The van der Waals surface area contributed by atoms with Crippen LogP contribution in [0.2, 0.25) is 0 Å². The van der Waals surface area contributed by atoms with E-state index in [-0.39, 0.29) is 0 Å². The van der Waals surface area contributed by atoms with Crippen LogP contribution in [0.15, 0.2) is 30.7 Å². The summed E-state index contributed by atoms with van der Waals surface area (Å²) in [6.45, 7) is 6.52. The van der Waals surface area contributed by atoms with Crippen LogP contribution < -0.4 is 0 Å². The third kappa shape index (κ3) is 3.82. The zero-order valence-electron chi connectivity index (χ0n) is 12.6. The second-order valence-corrected chi connectivity index (χ2v) is 5.72. The molecule has 2 aliphatic rings. The lowest BCUT2D eigenvalue weighted by Crippen LogP contribution is -2.41. The molecule has 0 aliphatic carbocycles. The van der Waals surface area contributed by atoms with E-state index in [4.69, 9.17) is 21.7 Å². The molecule has 0 unspecified atom stereocenters. The number of nitrogens with zero attached hydrogens (tertiary/aromatic N) is 3. The minimum absolute atomic E-state index is 0.737. The molecule has 2 fully saturated rings. The normalized spacial score (nSPS) is 20.1. The molecule has 6 heteroatoms. The van der Waals surface area contributed by atoms with Crippen LogP contribution in [0.4, 0.5) is 0 Å². The fourth-order valence-electron chi connectivity index (χ4n) is 2.61. The van der Waals surface area contributed by atoms with Crippen molar-refractivity contribution in [2.75, 3.05) is 52.6 Å². The van der Waals surface area contributed by atoms with Gasteiger partial charge < -0.3 is 19.3 Å². The van der Waals surface area contributed by atoms with Crippen LogP contribution in [0.1, 0.15) is 5.56 Å². The number of pyridine rings is 1. The molecule has 1 aromatic rings. The summed E-state index contributed by atoms with van der Waals surface area (Å²) in [6, 6.07) is 4.03. The third-order valence-electron chi connectivity index (χ3n) is 3.88. The summed E-state index contributed by atoms with van der Waals surface area (Å²) in [5.74, 6) is 0. The summed E-state index contributed by atoms with van der Waals surface area (Å²) >= 11 is 5.77. The van der Waals surface area contributed by atoms with E-state index in [1.54, 1.807) is 0 Å². The van der Waals surface area contributed by atoms with Crippen LogP contribution >= 0.6 is 12.2 Å². The topological polar surface area (TPSA) is 37.8 Å². The van der Waals surface area contributed by atoms with Gasteiger partial charge in [-0.1, -0.05) is 12.2 Å². The highest BCUT2D eigenvalue weighted by Gasteiger charge is 2.19. The minimum Gasteiger partial charge on any atom is -0.378 e. The lowest BCUT2D eigenvalue weighted by Gasteiger charge is -2.32. The van der Waals surface area contributed by atoms with Gasteiger partial charge in [0.05, 0.1) is 26.4 Å². The van der Waals surface area contributed by atoms with E-state index in [9.17, 15) is 0 Å². The second kappa shape index (κ2) is 7.67.